The van der Waals surface area contributed by atoms with E-state index in [1.54, 1.807) is 0 Å². The van der Waals surface area contributed by atoms with Crippen molar-refractivity contribution in [3.63, 3.8) is 0 Å². The summed E-state index contributed by atoms with van der Waals surface area (Å²) in [6, 6.07) is 0. The first kappa shape index (κ1) is 12.9. The molecule has 0 saturated carbocycles. The molecule has 0 aromatic rings. The number of amides is 1. The maximum Gasteiger partial charge on any atom is 0.303 e. The van der Waals surface area contributed by atoms with E-state index in [0.717, 1.165) is 32.1 Å². The van der Waals surface area contributed by atoms with Crippen LogP contribution in [0.25, 0.3) is 0 Å². The lowest BCUT2D eigenvalue weighted by molar-refractivity contribution is -0.137. The van der Waals surface area contributed by atoms with Crippen molar-refractivity contribution in [2.24, 2.45) is 0 Å². The molecule has 0 spiro atoms. The normalized spacial score (nSPS) is 9.79. The minimum absolute atomic E-state index is 0.0319. The van der Waals surface area contributed by atoms with Gasteiger partial charge in [-0.25, -0.2) is 0 Å². The molecule has 0 atom stereocenters. The predicted molar refractivity (Wildman–Crippen MR) is 53.5 cm³/mol. The average Bonchev–Trinajstić information content (AvgIpc) is 2.15. The number of hydrogen-bond donors (Lipinski definition) is 2. The van der Waals surface area contributed by atoms with E-state index in [1.807, 2.05) is 0 Å². The standard InChI is InChI=1S/C10H18NO3/c1-11-9(12)7-5-3-2-4-6-8-10(13)14/h1-8H2,(H,11,12)(H,13,14). The first-order valence-corrected chi connectivity index (χ1v) is 4.94. The third-order valence-corrected chi connectivity index (χ3v) is 1.99. The second kappa shape index (κ2) is 8.53. The number of aliphatic carboxylic acids is 1. The fourth-order valence-corrected chi connectivity index (χ4v) is 1.18. The van der Waals surface area contributed by atoms with Gasteiger partial charge in [-0.15, -0.1) is 0 Å². The molecule has 0 saturated heterocycles. The third-order valence-electron chi connectivity index (χ3n) is 1.99. The van der Waals surface area contributed by atoms with Crippen molar-refractivity contribution in [3.8, 4) is 0 Å². The Hall–Kier alpha value is -1.06. The molecule has 2 N–H and O–H groups in total. The minimum Gasteiger partial charge on any atom is -0.481 e. The second-order valence-electron chi connectivity index (χ2n) is 3.26. The highest BCUT2D eigenvalue weighted by Crippen LogP contribution is 2.06. The lowest BCUT2D eigenvalue weighted by Crippen LogP contribution is -2.14. The molecule has 81 valence electrons. The molecule has 0 bridgehead atoms. The largest absolute Gasteiger partial charge is 0.481 e. The molecule has 4 heteroatoms. The van der Waals surface area contributed by atoms with Crippen LogP contribution >= 0.6 is 0 Å². The van der Waals surface area contributed by atoms with Gasteiger partial charge in [0.2, 0.25) is 5.91 Å². The number of nitrogens with one attached hydrogen (secondary N) is 1. The van der Waals surface area contributed by atoms with E-state index in [-0.39, 0.29) is 12.3 Å². The number of carboxylic acid groups (broad SMARTS) is 1. The molecule has 0 aliphatic rings. The molecular formula is C10H18NO3. The first-order valence-electron chi connectivity index (χ1n) is 4.94. The topological polar surface area (TPSA) is 66.4 Å². The summed E-state index contributed by atoms with van der Waals surface area (Å²) in [5.41, 5.74) is 0. The monoisotopic (exact) mass is 200 g/mol. The van der Waals surface area contributed by atoms with Crippen LogP contribution in [0.5, 0.6) is 0 Å². The van der Waals surface area contributed by atoms with Gasteiger partial charge in [0.25, 0.3) is 0 Å². The lowest BCUT2D eigenvalue weighted by Gasteiger charge is -2.00. The van der Waals surface area contributed by atoms with Crippen LogP contribution in [0.3, 0.4) is 0 Å². The Morgan fingerprint density at radius 1 is 1.00 bits per heavy atom. The maximum atomic E-state index is 10.7. The first-order chi connectivity index (χ1) is 6.66. The molecule has 0 fully saturated rings. The maximum absolute atomic E-state index is 10.7. The average molecular weight is 200 g/mol. The van der Waals surface area contributed by atoms with Crippen LogP contribution in [0, 0.1) is 7.05 Å². The van der Waals surface area contributed by atoms with Crippen molar-refractivity contribution in [1.82, 2.24) is 5.32 Å². The van der Waals surface area contributed by atoms with Gasteiger partial charge in [0.05, 0.1) is 0 Å². The van der Waals surface area contributed by atoms with Crippen LogP contribution in [-0.4, -0.2) is 17.0 Å². The van der Waals surface area contributed by atoms with Gasteiger partial charge in [0.15, 0.2) is 0 Å². The van der Waals surface area contributed by atoms with Gasteiger partial charge in [0.1, 0.15) is 0 Å². The van der Waals surface area contributed by atoms with E-state index >= 15 is 0 Å². The Bertz CT molecular complexity index is 180. The molecule has 0 aliphatic carbocycles. The highest BCUT2D eigenvalue weighted by Gasteiger charge is 1.98. The van der Waals surface area contributed by atoms with Crippen molar-refractivity contribution in [2.45, 2.75) is 44.9 Å². The fraction of sp³-hybridized carbons (Fsp3) is 0.700. The lowest BCUT2D eigenvalue weighted by atomic mass is 10.1. The smallest absolute Gasteiger partial charge is 0.303 e. The molecular weight excluding hydrogens is 182 g/mol. The van der Waals surface area contributed by atoms with E-state index in [2.05, 4.69) is 12.4 Å². The highest BCUT2D eigenvalue weighted by molar-refractivity contribution is 5.75. The van der Waals surface area contributed by atoms with Crippen LogP contribution in [-0.2, 0) is 9.59 Å². The van der Waals surface area contributed by atoms with Gasteiger partial charge in [0, 0.05) is 19.9 Å². The predicted octanol–water partition coefficient (Wildman–Crippen LogP) is 1.71. The molecule has 14 heavy (non-hydrogen) atoms. The summed E-state index contributed by atoms with van der Waals surface area (Å²) >= 11 is 0. The zero-order valence-corrected chi connectivity index (χ0v) is 8.42. The summed E-state index contributed by atoms with van der Waals surface area (Å²) in [5, 5.41) is 10.7. The van der Waals surface area contributed by atoms with E-state index in [4.69, 9.17) is 5.11 Å². The number of carbonyl (C=O) groups is 2. The van der Waals surface area contributed by atoms with Crippen molar-refractivity contribution < 1.29 is 14.7 Å². The molecule has 0 rings (SSSR count). The SMILES string of the molecule is [CH2]NC(=O)CCCCCCCC(=O)O. The van der Waals surface area contributed by atoms with Crippen LogP contribution in [0.2, 0.25) is 0 Å². The summed E-state index contributed by atoms with van der Waals surface area (Å²) in [6.07, 6.45) is 5.26. The number of unbranched alkanes of at least 4 members (excludes halogenated alkanes) is 4. The molecule has 1 radical (unpaired) electrons. The van der Waals surface area contributed by atoms with Crippen molar-refractivity contribution in [1.29, 1.82) is 0 Å². The number of rotatable bonds is 8. The van der Waals surface area contributed by atoms with E-state index < -0.39 is 5.97 Å². The second-order valence-corrected chi connectivity index (χ2v) is 3.26. The fourth-order valence-electron chi connectivity index (χ4n) is 1.18. The summed E-state index contributed by atoms with van der Waals surface area (Å²) in [6.45, 7) is 0. The Balaban J connectivity index is 3.06. The molecule has 0 aromatic carbocycles. The van der Waals surface area contributed by atoms with Gasteiger partial charge in [-0.2, -0.15) is 0 Å². The Kier molecular flexibility index (Phi) is 7.89. The molecule has 0 aromatic heterocycles. The molecule has 0 heterocycles. The van der Waals surface area contributed by atoms with Gasteiger partial charge < -0.3 is 10.4 Å². The minimum atomic E-state index is -0.735. The van der Waals surface area contributed by atoms with Gasteiger partial charge in [-0.3, -0.25) is 9.59 Å². The zero-order valence-electron chi connectivity index (χ0n) is 8.42. The molecule has 0 unspecified atom stereocenters. The third kappa shape index (κ3) is 9.03. The number of carboxylic acids is 1. The van der Waals surface area contributed by atoms with Crippen LogP contribution in [0.4, 0.5) is 0 Å². The Morgan fingerprint density at radius 3 is 2.00 bits per heavy atom. The van der Waals surface area contributed by atoms with Gasteiger partial charge in [-0.1, -0.05) is 19.3 Å². The van der Waals surface area contributed by atoms with E-state index in [1.165, 1.54) is 0 Å². The number of hydrogen-bond acceptors (Lipinski definition) is 2. The van der Waals surface area contributed by atoms with Crippen LogP contribution in [0.1, 0.15) is 44.9 Å². The summed E-state index contributed by atoms with van der Waals surface area (Å²) in [4.78, 5) is 20.9. The van der Waals surface area contributed by atoms with Gasteiger partial charge >= 0.3 is 5.97 Å². The van der Waals surface area contributed by atoms with Crippen molar-refractivity contribution in [2.75, 3.05) is 0 Å². The Labute approximate surface area is 84.7 Å². The zero-order chi connectivity index (χ0) is 10.8. The van der Waals surface area contributed by atoms with Crippen molar-refractivity contribution >= 4 is 11.9 Å². The van der Waals surface area contributed by atoms with Gasteiger partial charge in [-0.05, 0) is 12.8 Å². The highest BCUT2D eigenvalue weighted by atomic mass is 16.4. The summed E-state index contributed by atoms with van der Waals surface area (Å²) in [5.74, 6) is -0.767. The Morgan fingerprint density at radius 2 is 1.50 bits per heavy atom. The van der Waals surface area contributed by atoms with Crippen molar-refractivity contribution in [3.05, 3.63) is 7.05 Å². The van der Waals surface area contributed by atoms with Crippen LogP contribution in [0.15, 0.2) is 0 Å². The molecule has 1 amide bonds. The van der Waals surface area contributed by atoms with E-state index in [0.29, 0.717) is 6.42 Å². The molecule has 0 aliphatic heterocycles. The number of carbonyl (C=O) groups excluding carboxylic acids is 1. The van der Waals surface area contributed by atoms with E-state index in [9.17, 15) is 9.59 Å². The quantitative estimate of drug-likeness (QED) is 0.586. The molecule has 4 nitrogen and oxygen atoms in total. The van der Waals surface area contributed by atoms with Crippen LogP contribution < -0.4 is 5.32 Å². The summed E-state index contributed by atoms with van der Waals surface area (Å²) < 4.78 is 0. The summed E-state index contributed by atoms with van der Waals surface area (Å²) in [7, 11) is 3.27.